The van der Waals surface area contributed by atoms with Crippen LogP contribution in [0, 0.1) is 5.82 Å². The molecule has 0 spiro atoms. The fourth-order valence-corrected chi connectivity index (χ4v) is 3.12. The van der Waals surface area contributed by atoms with Gasteiger partial charge >= 0.3 is 0 Å². The lowest BCUT2D eigenvalue weighted by Gasteiger charge is -2.17. The summed E-state index contributed by atoms with van der Waals surface area (Å²) in [6.07, 6.45) is 1.48. The molecule has 1 aliphatic heterocycles. The SMILES string of the molecule is O=C(N/N=C\c1ccc(F)cc1)c1ccc(N2Cc3ccccc3C2)cc1. The van der Waals surface area contributed by atoms with E-state index in [9.17, 15) is 9.18 Å². The topological polar surface area (TPSA) is 44.7 Å². The van der Waals surface area contributed by atoms with E-state index >= 15 is 0 Å². The average Bonchev–Trinajstić information content (AvgIpc) is 3.14. The maximum Gasteiger partial charge on any atom is 0.271 e. The van der Waals surface area contributed by atoms with Gasteiger partial charge in [0.05, 0.1) is 6.21 Å². The van der Waals surface area contributed by atoms with Gasteiger partial charge in [0.2, 0.25) is 0 Å². The zero-order chi connectivity index (χ0) is 18.6. The Morgan fingerprint density at radius 1 is 0.926 bits per heavy atom. The van der Waals surface area contributed by atoms with Gasteiger partial charge in [0, 0.05) is 24.3 Å². The smallest absolute Gasteiger partial charge is 0.271 e. The third-order valence-electron chi connectivity index (χ3n) is 4.59. The highest BCUT2D eigenvalue weighted by molar-refractivity contribution is 5.95. The van der Waals surface area contributed by atoms with Crippen molar-refractivity contribution in [2.75, 3.05) is 4.90 Å². The van der Waals surface area contributed by atoms with Crippen LogP contribution in [0.4, 0.5) is 10.1 Å². The van der Waals surface area contributed by atoms with Gasteiger partial charge < -0.3 is 4.90 Å². The van der Waals surface area contributed by atoms with Gasteiger partial charge in [-0.2, -0.15) is 5.10 Å². The second-order valence-corrected chi connectivity index (χ2v) is 6.42. The monoisotopic (exact) mass is 359 g/mol. The Kier molecular flexibility index (Phi) is 4.66. The van der Waals surface area contributed by atoms with Crippen LogP contribution in [0.5, 0.6) is 0 Å². The van der Waals surface area contributed by atoms with Gasteiger partial charge in [-0.25, -0.2) is 9.82 Å². The Labute approximate surface area is 157 Å². The highest BCUT2D eigenvalue weighted by Crippen LogP contribution is 2.28. The number of nitrogens with zero attached hydrogens (tertiary/aromatic N) is 2. The molecule has 0 fully saturated rings. The Bertz CT molecular complexity index is 956. The number of hydrogen-bond donors (Lipinski definition) is 1. The highest BCUT2D eigenvalue weighted by Gasteiger charge is 2.18. The molecule has 1 heterocycles. The molecule has 0 radical (unpaired) electrons. The number of fused-ring (bicyclic) bond motifs is 1. The molecule has 5 heteroatoms. The number of benzene rings is 3. The maximum absolute atomic E-state index is 12.9. The van der Waals surface area contributed by atoms with E-state index in [4.69, 9.17) is 0 Å². The molecule has 0 bridgehead atoms. The Morgan fingerprint density at radius 3 is 2.19 bits per heavy atom. The number of amides is 1. The fourth-order valence-electron chi connectivity index (χ4n) is 3.12. The number of hydrazone groups is 1. The van der Waals surface area contributed by atoms with Crippen LogP contribution in [-0.4, -0.2) is 12.1 Å². The van der Waals surface area contributed by atoms with Crippen LogP contribution in [0.25, 0.3) is 0 Å². The van der Waals surface area contributed by atoms with Gasteiger partial charge in [-0.1, -0.05) is 36.4 Å². The van der Waals surface area contributed by atoms with Crippen LogP contribution in [-0.2, 0) is 13.1 Å². The molecule has 0 atom stereocenters. The van der Waals surface area contributed by atoms with E-state index in [1.165, 1.54) is 29.5 Å². The molecule has 0 aliphatic carbocycles. The molecule has 3 aromatic rings. The molecule has 3 aromatic carbocycles. The first kappa shape index (κ1) is 17.0. The van der Waals surface area contributed by atoms with Crippen LogP contribution in [0.2, 0.25) is 0 Å². The van der Waals surface area contributed by atoms with Crippen molar-refractivity contribution in [3.8, 4) is 0 Å². The summed E-state index contributed by atoms with van der Waals surface area (Å²) in [5.74, 6) is -0.595. The first-order valence-corrected chi connectivity index (χ1v) is 8.70. The Balaban J connectivity index is 1.37. The minimum absolute atomic E-state index is 0.287. The molecule has 27 heavy (non-hydrogen) atoms. The number of rotatable bonds is 4. The fraction of sp³-hybridized carbons (Fsp3) is 0.0909. The van der Waals surface area contributed by atoms with Gasteiger partial charge in [0.1, 0.15) is 5.82 Å². The first-order chi connectivity index (χ1) is 13.2. The summed E-state index contributed by atoms with van der Waals surface area (Å²) in [5.41, 5.74) is 7.50. The molecule has 0 saturated heterocycles. The molecule has 4 nitrogen and oxygen atoms in total. The van der Waals surface area contributed by atoms with Crippen molar-refractivity contribution >= 4 is 17.8 Å². The van der Waals surface area contributed by atoms with Crippen molar-refractivity contribution in [2.24, 2.45) is 5.10 Å². The summed E-state index contributed by atoms with van der Waals surface area (Å²) >= 11 is 0. The second-order valence-electron chi connectivity index (χ2n) is 6.42. The summed E-state index contributed by atoms with van der Waals surface area (Å²) in [6.45, 7) is 1.76. The number of carbonyl (C=O) groups excluding carboxylic acids is 1. The van der Waals surface area contributed by atoms with E-state index in [1.807, 2.05) is 12.1 Å². The van der Waals surface area contributed by atoms with Crippen molar-refractivity contribution < 1.29 is 9.18 Å². The lowest BCUT2D eigenvalue weighted by atomic mass is 10.1. The van der Waals surface area contributed by atoms with Crippen molar-refractivity contribution in [2.45, 2.75) is 13.1 Å². The van der Waals surface area contributed by atoms with E-state index in [0.29, 0.717) is 11.1 Å². The van der Waals surface area contributed by atoms with E-state index < -0.39 is 0 Å². The average molecular weight is 359 g/mol. The lowest BCUT2D eigenvalue weighted by molar-refractivity contribution is 0.0955. The van der Waals surface area contributed by atoms with Crippen LogP contribution in [0.15, 0.2) is 77.9 Å². The van der Waals surface area contributed by atoms with E-state index in [-0.39, 0.29) is 11.7 Å². The van der Waals surface area contributed by atoms with Crippen LogP contribution in [0.3, 0.4) is 0 Å². The largest absolute Gasteiger partial charge is 0.363 e. The second kappa shape index (κ2) is 7.41. The molecule has 0 unspecified atom stereocenters. The van der Waals surface area contributed by atoms with Gasteiger partial charge in [-0.15, -0.1) is 0 Å². The zero-order valence-corrected chi connectivity index (χ0v) is 14.6. The van der Waals surface area contributed by atoms with Crippen LogP contribution < -0.4 is 10.3 Å². The predicted molar refractivity (Wildman–Crippen MR) is 104 cm³/mol. The number of anilines is 1. The molecule has 0 aromatic heterocycles. The van der Waals surface area contributed by atoms with Gasteiger partial charge in [0.25, 0.3) is 5.91 Å². The quantitative estimate of drug-likeness (QED) is 0.563. The lowest BCUT2D eigenvalue weighted by Crippen LogP contribution is -2.18. The van der Waals surface area contributed by atoms with Crippen molar-refractivity contribution in [1.29, 1.82) is 0 Å². The predicted octanol–water partition coefficient (Wildman–Crippen LogP) is 4.11. The molecule has 1 N–H and O–H groups in total. The van der Waals surface area contributed by atoms with Gasteiger partial charge in [-0.3, -0.25) is 4.79 Å². The van der Waals surface area contributed by atoms with Crippen molar-refractivity contribution in [3.05, 3.63) is 101 Å². The summed E-state index contributed by atoms with van der Waals surface area (Å²) in [7, 11) is 0. The molecular formula is C22H18FN3O. The van der Waals surface area contributed by atoms with Crippen LogP contribution >= 0.6 is 0 Å². The minimum atomic E-state index is -0.308. The molecular weight excluding hydrogens is 341 g/mol. The number of nitrogens with one attached hydrogen (secondary N) is 1. The molecule has 1 aliphatic rings. The summed E-state index contributed by atoms with van der Waals surface area (Å²) in [5, 5.41) is 3.92. The van der Waals surface area contributed by atoms with E-state index in [1.54, 1.807) is 24.3 Å². The van der Waals surface area contributed by atoms with Gasteiger partial charge in [-0.05, 0) is 53.1 Å². The molecule has 4 rings (SSSR count). The van der Waals surface area contributed by atoms with E-state index in [0.717, 1.165) is 18.8 Å². The normalized spacial score (nSPS) is 13.0. The maximum atomic E-state index is 12.9. The number of carbonyl (C=O) groups is 1. The number of hydrogen-bond acceptors (Lipinski definition) is 3. The highest BCUT2D eigenvalue weighted by atomic mass is 19.1. The zero-order valence-electron chi connectivity index (χ0n) is 14.6. The molecule has 1 amide bonds. The van der Waals surface area contributed by atoms with Crippen molar-refractivity contribution in [3.63, 3.8) is 0 Å². The summed E-state index contributed by atoms with van der Waals surface area (Å²) in [4.78, 5) is 14.5. The Morgan fingerprint density at radius 2 is 1.56 bits per heavy atom. The van der Waals surface area contributed by atoms with Crippen molar-refractivity contribution in [1.82, 2.24) is 5.43 Å². The standard InChI is InChI=1S/C22H18FN3O/c23-20-9-5-16(6-10-20)13-24-25-22(27)17-7-11-21(12-8-17)26-14-18-3-1-2-4-19(18)15-26/h1-13H,14-15H2,(H,25,27)/b24-13-. The Hall–Kier alpha value is -3.47. The third-order valence-corrected chi connectivity index (χ3v) is 4.59. The number of halogens is 1. The first-order valence-electron chi connectivity index (χ1n) is 8.70. The molecule has 134 valence electrons. The molecule has 0 saturated carbocycles. The third kappa shape index (κ3) is 3.87. The van der Waals surface area contributed by atoms with Crippen LogP contribution in [0.1, 0.15) is 27.0 Å². The summed E-state index contributed by atoms with van der Waals surface area (Å²) < 4.78 is 12.9. The van der Waals surface area contributed by atoms with Gasteiger partial charge in [0.15, 0.2) is 0 Å². The van der Waals surface area contributed by atoms with E-state index in [2.05, 4.69) is 39.7 Å². The summed E-state index contributed by atoms with van der Waals surface area (Å²) in [6, 6.07) is 21.8. The minimum Gasteiger partial charge on any atom is -0.363 e.